The first kappa shape index (κ1) is 15.3. The summed E-state index contributed by atoms with van der Waals surface area (Å²) in [4.78, 5) is 24.5. The number of likely N-dealkylation sites (tertiary alicyclic amines) is 1. The number of amides is 1. The number of nitrogens with zero attached hydrogens (tertiary/aromatic N) is 2. The lowest BCUT2D eigenvalue weighted by molar-refractivity contribution is -0.384. The number of rotatable bonds is 5. The molecule has 1 aromatic rings. The lowest BCUT2D eigenvalue weighted by atomic mass is 9.98. The molecule has 1 saturated heterocycles. The number of hydrogen-bond donors (Lipinski definition) is 1. The van der Waals surface area contributed by atoms with Crippen molar-refractivity contribution in [2.75, 3.05) is 18.4 Å². The van der Waals surface area contributed by atoms with E-state index in [1.54, 1.807) is 17.0 Å². The second kappa shape index (κ2) is 6.56. The van der Waals surface area contributed by atoms with Gasteiger partial charge in [-0.2, -0.15) is 0 Å². The van der Waals surface area contributed by atoms with Gasteiger partial charge in [-0.05, 0) is 25.8 Å². The second-order valence-corrected chi connectivity index (χ2v) is 5.43. The Morgan fingerprint density at radius 1 is 1.48 bits per heavy atom. The van der Waals surface area contributed by atoms with Crippen LogP contribution in [0.4, 0.5) is 11.4 Å². The van der Waals surface area contributed by atoms with Gasteiger partial charge >= 0.3 is 0 Å². The van der Waals surface area contributed by atoms with Crippen molar-refractivity contribution in [2.24, 2.45) is 5.92 Å². The van der Waals surface area contributed by atoms with E-state index in [1.165, 1.54) is 6.07 Å². The normalized spacial score (nSPS) is 18.7. The van der Waals surface area contributed by atoms with Gasteiger partial charge in [0.15, 0.2) is 0 Å². The Morgan fingerprint density at radius 3 is 2.90 bits per heavy atom. The minimum Gasteiger partial charge on any atom is -0.385 e. The second-order valence-electron chi connectivity index (χ2n) is 5.43. The standard InChI is InChI=1S/C15H21N3O3/c1-3-16-14-7-6-13(18(20)21)9-12(14)10-17-8-4-5-11(2)15(17)19/h6-7,9,11,16H,3-5,8,10H2,1-2H3. The molecule has 0 bridgehead atoms. The largest absolute Gasteiger partial charge is 0.385 e. The molecule has 6 heteroatoms. The fourth-order valence-corrected chi connectivity index (χ4v) is 2.68. The SMILES string of the molecule is CCNc1ccc([N+](=O)[O-])cc1CN1CCCC(C)C1=O. The van der Waals surface area contributed by atoms with Crippen molar-refractivity contribution in [3.63, 3.8) is 0 Å². The maximum Gasteiger partial charge on any atom is 0.269 e. The monoisotopic (exact) mass is 291 g/mol. The number of nitro groups is 1. The van der Waals surface area contributed by atoms with Gasteiger partial charge in [0.1, 0.15) is 0 Å². The lowest BCUT2D eigenvalue weighted by Crippen LogP contribution is -2.39. The quantitative estimate of drug-likeness (QED) is 0.668. The summed E-state index contributed by atoms with van der Waals surface area (Å²) in [6.07, 6.45) is 1.91. The highest BCUT2D eigenvalue weighted by molar-refractivity contribution is 5.79. The van der Waals surface area contributed by atoms with Gasteiger partial charge in [-0.15, -0.1) is 0 Å². The predicted octanol–water partition coefficient (Wildman–Crippen LogP) is 2.79. The minimum atomic E-state index is -0.403. The molecule has 1 fully saturated rings. The van der Waals surface area contributed by atoms with Gasteiger partial charge < -0.3 is 10.2 Å². The van der Waals surface area contributed by atoms with E-state index in [4.69, 9.17) is 0 Å². The summed E-state index contributed by atoms with van der Waals surface area (Å²) in [7, 11) is 0. The number of nitro benzene ring substituents is 1. The van der Waals surface area contributed by atoms with Crippen molar-refractivity contribution < 1.29 is 9.72 Å². The minimum absolute atomic E-state index is 0.0417. The molecule has 2 rings (SSSR count). The van der Waals surface area contributed by atoms with Crippen LogP contribution in [0.2, 0.25) is 0 Å². The maximum absolute atomic E-state index is 12.2. The Hall–Kier alpha value is -2.11. The van der Waals surface area contributed by atoms with Gasteiger partial charge in [0, 0.05) is 48.9 Å². The van der Waals surface area contributed by atoms with Crippen molar-refractivity contribution >= 4 is 17.3 Å². The zero-order chi connectivity index (χ0) is 15.4. The molecule has 0 radical (unpaired) electrons. The van der Waals surface area contributed by atoms with Gasteiger partial charge in [-0.1, -0.05) is 6.92 Å². The van der Waals surface area contributed by atoms with Gasteiger partial charge in [0.2, 0.25) is 5.91 Å². The molecule has 6 nitrogen and oxygen atoms in total. The fraction of sp³-hybridized carbons (Fsp3) is 0.533. The Kier molecular flexibility index (Phi) is 4.77. The highest BCUT2D eigenvalue weighted by atomic mass is 16.6. The van der Waals surface area contributed by atoms with Crippen molar-refractivity contribution in [1.29, 1.82) is 0 Å². The fourth-order valence-electron chi connectivity index (χ4n) is 2.68. The van der Waals surface area contributed by atoms with Crippen molar-refractivity contribution in [3.8, 4) is 0 Å². The van der Waals surface area contributed by atoms with Crippen LogP contribution < -0.4 is 5.32 Å². The van der Waals surface area contributed by atoms with Crippen LogP contribution in [0.15, 0.2) is 18.2 Å². The Labute approximate surface area is 124 Å². The number of carbonyl (C=O) groups is 1. The Balaban J connectivity index is 2.25. The molecule has 1 atom stereocenters. The molecule has 1 aliphatic rings. The van der Waals surface area contributed by atoms with Crippen LogP contribution in [0.5, 0.6) is 0 Å². The molecule has 1 aromatic carbocycles. The Bertz CT molecular complexity index is 545. The van der Waals surface area contributed by atoms with Crippen molar-refractivity contribution in [1.82, 2.24) is 4.90 Å². The lowest BCUT2D eigenvalue weighted by Gasteiger charge is -2.31. The van der Waals surface area contributed by atoms with Crippen LogP contribution in [0.3, 0.4) is 0 Å². The van der Waals surface area contributed by atoms with Crippen LogP contribution in [0, 0.1) is 16.0 Å². The van der Waals surface area contributed by atoms with E-state index in [9.17, 15) is 14.9 Å². The van der Waals surface area contributed by atoms with E-state index >= 15 is 0 Å². The summed E-state index contributed by atoms with van der Waals surface area (Å²) in [5.41, 5.74) is 1.71. The first-order valence-electron chi connectivity index (χ1n) is 7.33. The highest BCUT2D eigenvalue weighted by Gasteiger charge is 2.26. The van der Waals surface area contributed by atoms with E-state index in [-0.39, 0.29) is 17.5 Å². The van der Waals surface area contributed by atoms with E-state index in [0.29, 0.717) is 6.54 Å². The zero-order valence-corrected chi connectivity index (χ0v) is 12.5. The molecule has 1 aliphatic heterocycles. The molecule has 0 aromatic heterocycles. The number of carbonyl (C=O) groups excluding carboxylic acids is 1. The third-order valence-corrected chi connectivity index (χ3v) is 3.83. The number of hydrogen-bond acceptors (Lipinski definition) is 4. The van der Waals surface area contributed by atoms with Crippen LogP contribution in [0.25, 0.3) is 0 Å². The molecule has 1 amide bonds. The van der Waals surface area contributed by atoms with Crippen LogP contribution in [-0.4, -0.2) is 28.8 Å². The van der Waals surface area contributed by atoms with Crippen molar-refractivity contribution in [3.05, 3.63) is 33.9 Å². The molecule has 0 aliphatic carbocycles. The van der Waals surface area contributed by atoms with Gasteiger partial charge in [-0.25, -0.2) is 0 Å². The molecular weight excluding hydrogens is 270 g/mol. The molecule has 0 saturated carbocycles. The topological polar surface area (TPSA) is 75.5 Å². The van der Waals surface area contributed by atoms with Crippen LogP contribution in [0.1, 0.15) is 32.3 Å². The summed E-state index contributed by atoms with van der Waals surface area (Å²) < 4.78 is 0. The summed E-state index contributed by atoms with van der Waals surface area (Å²) in [5.74, 6) is 0.176. The molecule has 21 heavy (non-hydrogen) atoms. The van der Waals surface area contributed by atoms with E-state index in [2.05, 4.69) is 5.32 Å². The summed E-state index contributed by atoms with van der Waals surface area (Å²) >= 11 is 0. The number of nitrogens with one attached hydrogen (secondary N) is 1. The van der Waals surface area contributed by atoms with Gasteiger partial charge in [0.05, 0.1) is 4.92 Å². The molecule has 1 N–H and O–H groups in total. The van der Waals surface area contributed by atoms with E-state index < -0.39 is 4.92 Å². The molecule has 0 spiro atoms. The number of anilines is 1. The highest BCUT2D eigenvalue weighted by Crippen LogP contribution is 2.26. The van der Waals surface area contributed by atoms with Gasteiger partial charge in [-0.3, -0.25) is 14.9 Å². The van der Waals surface area contributed by atoms with E-state index in [0.717, 1.165) is 37.2 Å². The molecular formula is C15H21N3O3. The zero-order valence-electron chi connectivity index (χ0n) is 12.5. The molecule has 114 valence electrons. The molecule has 1 heterocycles. The van der Waals surface area contributed by atoms with Gasteiger partial charge in [0.25, 0.3) is 5.69 Å². The number of piperidine rings is 1. The smallest absolute Gasteiger partial charge is 0.269 e. The molecule has 1 unspecified atom stereocenters. The average molecular weight is 291 g/mol. The van der Waals surface area contributed by atoms with E-state index in [1.807, 2.05) is 13.8 Å². The van der Waals surface area contributed by atoms with Crippen LogP contribution >= 0.6 is 0 Å². The summed E-state index contributed by atoms with van der Waals surface area (Å²) in [5, 5.41) is 14.1. The first-order chi connectivity index (χ1) is 10.0. The first-order valence-corrected chi connectivity index (χ1v) is 7.33. The summed E-state index contributed by atoms with van der Waals surface area (Å²) in [6, 6.07) is 4.77. The predicted molar refractivity (Wildman–Crippen MR) is 81.1 cm³/mol. The third kappa shape index (κ3) is 3.51. The average Bonchev–Trinajstić information content (AvgIpc) is 2.45. The van der Waals surface area contributed by atoms with Crippen molar-refractivity contribution in [2.45, 2.75) is 33.2 Å². The Morgan fingerprint density at radius 2 is 2.24 bits per heavy atom. The number of benzene rings is 1. The summed E-state index contributed by atoms with van der Waals surface area (Å²) in [6.45, 7) is 5.78. The van der Waals surface area contributed by atoms with Crippen LogP contribution in [-0.2, 0) is 11.3 Å². The third-order valence-electron chi connectivity index (χ3n) is 3.83. The maximum atomic E-state index is 12.2. The number of non-ortho nitro benzene ring substituents is 1.